The van der Waals surface area contributed by atoms with Crippen LogP contribution in [0.5, 0.6) is 0 Å². The SMILES string of the molecule is CC1CCCC(CCNC2CCC(C)CC2C)C1. The van der Waals surface area contributed by atoms with Crippen molar-refractivity contribution in [2.45, 2.75) is 78.2 Å². The third kappa shape index (κ3) is 4.26. The summed E-state index contributed by atoms with van der Waals surface area (Å²) in [5, 5.41) is 3.85. The number of hydrogen-bond acceptors (Lipinski definition) is 1. The summed E-state index contributed by atoms with van der Waals surface area (Å²) in [6.07, 6.45) is 11.6. The van der Waals surface area contributed by atoms with Crippen molar-refractivity contribution in [3.8, 4) is 0 Å². The average Bonchev–Trinajstić information content (AvgIpc) is 2.32. The maximum atomic E-state index is 3.85. The van der Waals surface area contributed by atoms with Crippen molar-refractivity contribution >= 4 is 0 Å². The van der Waals surface area contributed by atoms with Crippen molar-refractivity contribution in [2.24, 2.45) is 23.7 Å². The quantitative estimate of drug-likeness (QED) is 0.769. The van der Waals surface area contributed by atoms with Crippen LogP contribution in [-0.2, 0) is 0 Å². The first kappa shape index (κ1) is 14.4. The minimum absolute atomic E-state index is 0.808. The van der Waals surface area contributed by atoms with Gasteiger partial charge in [0.1, 0.15) is 0 Å². The Labute approximate surface area is 114 Å². The van der Waals surface area contributed by atoms with Crippen molar-refractivity contribution in [1.82, 2.24) is 5.32 Å². The molecule has 0 bridgehead atoms. The molecule has 5 unspecified atom stereocenters. The summed E-state index contributed by atoms with van der Waals surface area (Å²) in [6.45, 7) is 8.55. The third-order valence-corrected chi connectivity index (χ3v) is 5.44. The lowest BCUT2D eigenvalue weighted by molar-refractivity contribution is 0.215. The van der Waals surface area contributed by atoms with Crippen molar-refractivity contribution in [3.05, 3.63) is 0 Å². The summed E-state index contributed by atoms with van der Waals surface area (Å²) in [5.74, 6) is 3.84. The molecule has 1 N–H and O–H groups in total. The Bertz CT molecular complexity index is 238. The highest BCUT2D eigenvalue weighted by molar-refractivity contribution is 4.81. The largest absolute Gasteiger partial charge is 0.314 e. The van der Waals surface area contributed by atoms with E-state index in [-0.39, 0.29) is 0 Å². The molecule has 2 rings (SSSR count). The topological polar surface area (TPSA) is 12.0 Å². The van der Waals surface area contributed by atoms with Gasteiger partial charge in [0.25, 0.3) is 0 Å². The van der Waals surface area contributed by atoms with Crippen molar-refractivity contribution in [2.75, 3.05) is 6.54 Å². The summed E-state index contributed by atoms with van der Waals surface area (Å²) in [7, 11) is 0. The molecule has 0 aromatic heterocycles. The first-order chi connectivity index (χ1) is 8.65. The van der Waals surface area contributed by atoms with Gasteiger partial charge < -0.3 is 5.32 Å². The van der Waals surface area contributed by atoms with Crippen LogP contribution in [0.2, 0.25) is 0 Å². The van der Waals surface area contributed by atoms with E-state index in [4.69, 9.17) is 0 Å². The third-order valence-electron chi connectivity index (χ3n) is 5.44. The van der Waals surface area contributed by atoms with Gasteiger partial charge >= 0.3 is 0 Å². The maximum absolute atomic E-state index is 3.85. The molecule has 1 nitrogen and oxygen atoms in total. The minimum atomic E-state index is 0.808. The van der Waals surface area contributed by atoms with Crippen LogP contribution >= 0.6 is 0 Å². The zero-order chi connectivity index (χ0) is 13.0. The van der Waals surface area contributed by atoms with Crippen LogP contribution < -0.4 is 5.32 Å². The van der Waals surface area contributed by atoms with Gasteiger partial charge in [-0.1, -0.05) is 40.0 Å². The molecule has 0 spiro atoms. The molecule has 0 aromatic rings. The van der Waals surface area contributed by atoms with Crippen LogP contribution in [0.1, 0.15) is 72.1 Å². The normalized spacial score (nSPS) is 41.8. The van der Waals surface area contributed by atoms with Gasteiger partial charge in [-0.2, -0.15) is 0 Å². The van der Waals surface area contributed by atoms with Gasteiger partial charge in [-0.05, 0) is 62.3 Å². The van der Waals surface area contributed by atoms with Crippen molar-refractivity contribution in [3.63, 3.8) is 0 Å². The fourth-order valence-corrected chi connectivity index (χ4v) is 4.26. The molecule has 18 heavy (non-hydrogen) atoms. The summed E-state index contributed by atoms with van der Waals surface area (Å²) >= 11 is 0. The fraction of sp³-hybridized carbons (Fsp3) is 1.00. The maximum Gasteiger partial charge on any atom is 0.00928 e. The summed E-state index contributed by atoms with van der Waals surface area (Å²) in [6, 6.07) is 0.808. The van der Waals surface area contributed by atoms with Crippen LogP contribution in [0.15, 0.2) is 0 Å². The fourth-order valence-electron chi connectivity index (χ4n) is 4.26. The summed E-state index contributed by atoms with van der Waals surface area (Å²) in [4.78, 5) is 0. The van der Waals surface area contributed by atoms with Gasteiger partial charge in [-0.15, -0.1) is 0 Å². The molecule has 0 heterocycles. The van der Waals surface area contributed by atoms with Crippen molar-refractivity contribution < 1.29 is 0 Å². The Morgan fingerprint density at radius 2 is 1.67 bits per heavy atom. The van der Waals surface area contributed by atoms with Crippen LogP contribution in [0.25, 0.3) is 0 Å². The van der Waals surface area contributed by atoms with Crippen LogP contribution in [0, 0.1) is 23.7 Å². The van der Waals surface area contributed by atoms with Gasteiger partial charge in [-0.25, -0.2) is 0 Å². The number of nitrogens with one attached hydrogen (secondary N) is 1. The highest BCUT2D eigenvalue weighted by atomic mass is 14.9. The zero-order valence-corrected chi connectivity index (χ0v) is 12.8. The number of hydrogen-bond donors (Lipinski definition) is 1. The van der Waals surface area contributed by atoms with E-state index in [2.05, 4.69) is 26.1 Å². The molecule has 2 fully saturated rings. The number of rotatable bonds is 4. The predicted octanol–water partition coefficient (Wildman–Crippen LogP) is 4.62. The second-order valence-corrected chi connectivity index (χ2v) is 7.38. The van der Waals surface area contributed by atoms with Gasteiger partial charge in [0.2, 0.25) is 0 Å². The molecule has 2 saturated carbocycles. The van der Waals surface area contributed by atoms with Gasteiger partial charge in [0.05, 0.1) is 0 Å². The van der Waals surface area contributed by atoms with E-state index in [0.29, 0.717) is 0 Å². The lowest BCUT2D eigenvalue weighted by atomic mass is 9.79. The first-order valence-electron chi connectivity index (χ1n) is 8.38. The molecule has 0 amide bonds. The zero-order valence-electron chi connectivity index (χ0n) is 12.8. The monoisotopic (exact) mass is 251 g/mol. The van der Waals surface area contributed by atoms with Gasteiger partial charge in [-0.3, -0.25) is 0 Å². The predicted molar refractivity (Wildman–Crippen MR) is 79.7 cm³/mol. The molecule has 2 aliphatic rings. The van der Waals surface area contributed by atoms with Gasteiger partial charge in [0.15, 0.2) is 0 Å². The van der Waals surface area contributed by atoms with E-state index in [9.17, 15) is 0 Å². The highest BCUT2D eigenvalue weighted by Crippen LogP contribution is 2.31. The minimum Gasteiger partial charge on any atom is -0.314 e. The molecule has 2 aliphatic carbocycles. The Hall–Kier alpha value is -0.0400. The van der Waals surface area contributed by atoms with Crippen LogP contribution in [0.3, 0.4) is 0 Å². The second kappa shape index (κ2) is 6.93. The Morgan fingerprint density at radius 1 is 0.889 bits per heavy atom. The molecule has 0 aliphatic heterocycles. The van der Waals surface area contributed by atoms with Crippen LogP contribution in [-0.4, -0.2) is 12.6 Å². The Balaban J connectivity index is 1.62. The summed E-state index contributed by atoms with van der Waals surface area (Å²) in [5.41, 5.74) is 0. The molecular weight excluding hydrogens is 218 g/mol. The molecule has 1 heteroatoms. The van der Waals surface area contributed by atoms with Gasteiger partial charge in [0, 0.05) is 6.04 Å². The molecule has 0 saturated heterocycles. The highest BCUT2D eigenvalue weighted by Gasteiger charge is 2.25. The molecule has 0 aromatic carbocycles. The van der Waals surface area contributed by atoms with E-state index in [1.807, 2.05) is 0 Å². The Morgan fingerprint density at radius 3 is 2.39 bits per heavy atom. The van der Waals surface area contributed by atoms with E-state index in [1.165, 1.54) is 57.9 Å². The molecule has 5 atom stereocenters. The second-order valence-electron chi connectivity index (χ2n) is 7.38. The van der Waals surface area contributed by atoms with E-state index in [0.717, 1.165) is 29.7 Å². The van der Waals surface area contributed by atoms with E-state index < -0.39 is 0 Å². The molecule has 0 radical (unpaired) electrons. The first-order valence-corrected chi connectivity index (χ1v) is 8.38. The Kier molecular flexibility index (Phi) is 5.54. The van der Waals surface area contributed by atoms with Crippen LogP contribution in [0.4, 0.5) is 0 Å². The van der Waals surface area contributed by atoms with E-state index >= 15 is 0 Å². The molecular formula is C17H33N. The van der Waals surface area contributed by atoms with E-state index in [1.54, 1.807) is 0 Å². The standard InChI is InChI=1S/C17H33N/c1-13-5-4-6-16(12-13)9-10-18-17-8-7-14(2)11-15(17)3/h13-18H,4-12H2,1-3H3. The summed E-state index contributed by atoms with van der Waals surface area (Å²) < 4.78 is 0. The van der Waals surface area contributed by atoms with Crippen molar-refractivity contribution in [1.29, 1.82) is 0 Å². The lowest BCUT2D eigenvalue weighted by Crippen LogP contribution is -2.40. The molecule has 106 valence electrons. The lowest BCUT2D eigenvalue weighted by Gasteiger charge is -2.34. The smallest absolute Gasteiger partial charge is 0.00928 e. The average molecular weight is 251 g/mol.